The van der Waals surface area contributed by atoms with Gasteiger partial charge in [-0.3, -0.25) is 4.79 Å². The zero-order chi connectivity index (χ0) is 18.1. The van der Waals surface area contributed by atoms with E-state index in [0.29, 0.717) is 19.0 Å². The van der Waals surface area contributed by atoms with Gasteiger partial charge in [-0.05, 0) is 32.4 Å². The van der Waals surface area contributed by atoms with Crippen molar-refractivity contribution in [2.45, 2.75) is 26.4 Å². The molecule has 134 valence electrons. The van der Waals surface area contributed by atoms with Crippen LogP contribution in [-0.2, 0) is 4.74 Å². The minimum absolute atomic E-state index is 0.0678. The summed E-state index contributed by atoms with van der Waals surface area (Å²) in [6.45, 7) is 5.08. The molecule has 2 aromatic rings. The summed E-state index contributed by atoms with van der Waals surface area (Å²) in [7, 11) is 1.63. The molecule has 0 atom stereocenters. The Balaban J connectivity index is 1.98. The number of methoxy groups -OCH3 is 1. The Morgan fingerprint density at radius 3 is 2.68 bits per heavy atom. The lowest BCUT2D eigenvalue weighted by Crippen LogP contribution is -2.26. The van der Waals surface area contributed by atoms with E-state index in [2.05, 4.69) is 20.6 Å². The Morgan fingerprint density at radius 2 is 2.00 bits per heavy atom. The molecule has 0 fully saturated rings. The molecule has 2 rings (SSSR count). The maximum atomic E-state index is 12.0. The van der Waals surface area contributed by atoms with Crippen molar-refractivity contribution in [3.8, 4) is 5.75 Å². The summed E-state index contributed by atoms with van der Waals surface area (Å²) in [6, 6.07) is 7.60. The number of aromatic nitrogens is 2. The first-order valence-corrected chi connectivity index (χ1v) is 8.22. The second-order valence-corrected chi connectivity index (χ2v) is 5.68. The monoisotopic (exact) mass is 344 g/mol. The number of nitrogens with one attached hydrogen (secondary N) is 2. The van der Waals surface area contributed by atoms with Gasteiger partial charge in [0.05, 0.1) is 24.2 Å². The topological polar surface area (TPSA) is 85.4 Å². The highest BCUT2D eigenvalue weighted by atomic mass is 16.5. The quantitative estimate of drug-likeness (QED) is 0.681. The van der Waals surface area contributed by atoms with Gasteiger partial charge in [0.2, 0.25) is 0 Å². The molecule has 1 aromatic carbocycles. The largest absolute Gasteiger partial charge is 0.489 e. The molecule has 0 aliphatic heterocycles. The van der Waals surface area contributed by atoms with E-state index >= 15 is 0 Å². The first-order valence-electron chi connectivity index (χ1n) is 8.22. The van der Waals surface area contributed by atoms with Crippen LogP contribution in [0.3, 0.4) is 0 Å². The Kier molecular flexibility index (Phi) is 7.16. The average molecular weight is 344 g/mol. The van der Waals surface area contributed by atoms with Crippen LogP contribution in [0.2, 0.25) is 0 Å². The zero-order valence-corrected chi connectivity index (χ0v) is 14.8. The highest BCUT2D eigenvalue weighted by molar-refractivity contribution is 5.92. The van der Waals surface area contributed by atoms with Crippen LogP contribution in [0.5, 0.6) is 5.75 Å². The second-order valence-electron chi connectivity index (χ2n) is 5.68. The number of amides is 1. The summed E-state index contributed by atoms with van der Waals surface area (Å²) < 4.78 is 10.7. The van der Waals surface area contributed by atoms with Gasteiger partial charge in [0.1, 0.15) is 17.3 Å². The smallest absolute Gasteiger partial charge is 0.271 e. The summed E-state index contributed by atoms with van der Waals surface area (Å²) in [5, 5.41) is 5.93. The van der Waals surface area contributed by atoms with Gasteiger partial charge in [0.15, 0.2) is 0 Å². The molecule has 0 aliphatic carbocycles. The van der Waals surface area contributed by atoms with Crippen molar-refractivity contribution in [2.75, 3.05) is 25.6 Å². The molecule has 1 aromatic heterocycles. The number of anilines is 2. The molecule has 2 N–H and O–H groups in total. The Hall–Kier alpha value is -2.67. The predicted molar refractivity (Wildman–Crippen MR) is 96.3 cm³/mol. The summed E-state index contributed by atoms with van der Waals surface area (Å²) in [6.07, 6.45) is 3.79. The van der Waals surface area contributed by atoms with E-state index in [1.54, 1.807) is 7.11 Å². The van der Waals surface area contributed by atoms with Gasteiger partial charge < -0.3 is 20.1 Å². The zero-order valence-electron chi connectivity index (χ0n) is 14.8. The van der Waals surface area contributed by atoms with E-state index < -0.39 is 0 Å². The van der Waals surface area contributed by atoms with Gasteiger partial charge in [0, 0.05) is 20.3 Å². The summed E-state index contributed by atoms with van der Waals surface area (Å²) in [4.78, 5) is 20.4. The van der Waals surface area contributed by atoms with Crippen LogP contribution in [0.1, 0.15) is 30.8 Å². The van der Waals surface area contributed by atoms with Crippen LogP contribution in [-0.4, -0.2) is 42.2 Å². The highest BCUT2D eigenvalue weighted by Crippen LogP contribution is 2.27. The minimum Gasteiger partial charge on any atom is -0.489 e. The molecule has 7 nitrogen and oxygen atoms in total. The molecular weight excluding hydrogens is 320 g/mol. The van der Waals surface area contributed by atoms with Gasteiger partial charge in [-0.1, -0.05) is 12.1 Å². The molecule has 0 saturated heterocycles. The number of para-hydroxylation sites is 2. The van der Waals surface area contributed by atoms with Crippen molar-refractivity contribution < 1.29 is 14.3 Å². The lowest BCUT2D eigenvalue weighted by Gasteiger charge is -2.15. The van der Waals surface area contributed by atoms with Crippen LogP contribution >= 0.6 is 0 Å². The molecule has 0 spiro atoms. The van der Waals surface area contributed by atoms with Crippen LogP contribution < -0.4 is 15.4 Å². The van der Waals surface area contributed by atoms with Crippen molar-refractivity contribution >= 4 is 17.4 Å². The van der Waals surface area contributed by atoms with Crippen LogP contribution in [0.25, 0.3) is 0 Å². The number of hydrogen-bond acceptors (Lipinski definition) is 6. The molecule has 25 heavy (non-hydrogen) atoms. The van der Waals surface area contributed by atoms with Crippen molar-refractivity contribution in [1.82, 2.24) is 15.3 Å². The van der Waals surface area contributed by atoms with Crippen molar-refractivity contribution in [3.05, 3.63) is 42.4 Å². The van der Waals surface area contributed by atoms with Crippen LogP contribution in [0, 0.1) is 0 Å². The number of nitrogens with zero attached hydrogens (tertiary/aromatic N) is 2. The number of rotatable bonds is 9. The van der Waals surface area contributed by atoms with Crippen molar-refractivity contribution in [1.29, 1.82) is 0 Å². The van der Waals surface area contributed by atoms with Gasteiger partial charge in [-0.15, -0.1) is 0 Å². The van der Waals surface area contributed by atoms with E-state index in [1.165, 1.54) is 12.4 Å². The number of hydrogen-bond donors (Lipinski definition) is 2. The third kappa shape index (κ3) is 6.04. The molecule has 7 heteroatoms. The minimum atomic E-state index is -0.251. The fraction of sp³-hybridized carbons (Fsp3) is 0.389. The molecule has 0 unspecified atom stereocenters. The maximum absolute atomic E-state index is 12.0. The third-order valence-electron chi connectivity index (χ3n) is 3.21. The molecule has 0 bridgehead atoms. The van der Waals surface area contributed by atoms with Gasteiger partial charge in [-0.2, -0.15) is 0 Å². The second kappa shape index (κ2) is 9.58. The molecule has 0 radical (unpaired) electrons. The van der Waals surface area contributed by atoms with Crippen molar-refractivity contribution in [3.63, 3.8) is 0 Å². The first-order chi connectivity index (χ1) is 12.1. The fourth-order valence-electron chi connectivity index (χ4n) is 2.08. The van der Waals surface area contributed by atoms with E-state index in [4.69, 9.17) is 9.47 Å². The SMILES string of the molecule is COCCCNC(=O)c1cnc(Nc2ccccc2OC(C)C)cn1. The normalized spacial score (nSPS) is 10.6. The predicted octanol–water partition coefficient (Wildman–Crippen LogP) is 2.77. The Morgan fingerprint density at radius 1 is 1.20 bits per heavy atom. The van der Waals surface area contributed by atoms with Gasteiger partial charge in [0.25, 0.3) is 5.91 Å². The van der Waals surface area contributed by atoms with E-state index in [1.807, 2.05) is 38.1 Å². The number of carbonyl (C=O) groups excluding carboxylic acids is 1. The molecular formula is C18H24N4O3. The highest BCUT2D eigenvalue weighted by Gasteiger charge is 2.09. The fourth-order valence-corrected chi connectivity index (χ4v) is 2.08. The number of benzene rings is 1. The van der Waals surface area contributed by atoms with Gasteiger partial charge in [-0.25, -0.2) is 9.97 Å². The summed E-state index contributed by atoms with van der Waals surface area (Å²) in [5.74, 6) is 1.02. The van der Waals surface area contributed by atoms with Crippen LogP contribution in [0.4, 0.5) is 11.5 Å². The maximum Gasteiger partial charge on any atom is 0.271 e. The Labute approximate surface area is 147 Å². The molecule has 0 aliphatic rings. The number of ether oxygens (including phenoxy) is 2. The van der Waals surface area contributed by atoms with E-state index in [0.717, 1.165) is 17.9 Å². The summed E-state index contributed by atoms with van der Waals surface area (Å²) in [5.41, 5.74) is 1.07. The molecule has 0 saturated carbocycles. The average Bonchev–Trinajstić information content (AvgIpc) is 2.60. The lowest BCUT2D eigenvalue weighted by atomic mass is 10.3. The third-order valence-corrected chi connectivity index (χ3v) is 3.21. The lowest BCUT2D eigenvalue weighted by molar-refractivity contribution is 0.0943. The number of carbonyl (C=O) groups is 1. The van der Waals surface area contributed by atoms with Crippen LogP contribution in [0.15, 0.2) is 36.7 Å². The summed E-state index contributed by atoms with van der Waals surface area (Å²) >= 11 is 0. The standard InChI is InChI=1S/C18H24N4O3/c1-13(2)25-16-8-5-4-7-14(16)22-17-12-20-15(11-21-17)18(23)19-9-6-10-24-3/h4-5,7-8,11-13H,6,9-10H2,1-3H3,(H,19,23)(H,21,22). The van der Waals surface area contributed by atoms with E-state index in [9.17, 15) is 4.79 Å². The molecule has 1 heterocycles. The first kappa shape index (κ1) is 18.7. The van der Waals surface area contributed by atoms with Gasteiger partial charge >= 0.3 is 0 Å². The van der Waals surface area contributed by atoms with E-state index in [-0.39, 0.29) is 17.7 Å². The molecule has 1 amide bonds. The Bertz CT molecular complexity index is 674. The van der Waals surface area contributed by atoms with Crippen molar-refractivity contribution in [2.24, 2.45) is 0 Å².